The zero-order valence-electron chi connectivity index (χ0n) is 10.9. The predicted molar refractivity (Wildman–Crippen MR) is 72.2 cm³/mol. The highest BCUT2D eigenvalue weighted by Crippen LogP contribution is 2.13. The maximum atomic E-state index is 11.9. The SMILES string of the molecule is Cc1ccc(C=CC(=O)N2CC[C@@H](O)C2)c(C)c1. The normalized spacial score (nSPS) is 19.7. The van der Waals surface area contributed by atoms with Gasteiger partial charge in [-0.2, -0.15) is 0 Å². The monoisotopic (exact) mass is 245 g/mol. The molecule has 1 aliphatic rings. The molecule has 1 heterocycles. The average molecular weight is 245 g/mol. The summed E-state index contributed by atoms with van der Waals surface area (Å²) in [4.78, 5) is 13.6. The van der Waals surface area contributed by atoms with E-state index < -0.39 is 0 Å². The molecule has 0 unspecified atom stereocenters. The molecule has 0 spiro atoms. The fourth-order valence-electron chi connectivity index (χ4n) is 2.22. The van der Waals surface area contributed by atoms with E-state index in [9.17, 15) is 9.90 Å². The van der Waals surface area contributed by atoms with E-state index in [1.165, 1.54) is 11.1 Å². The number of hydrogen-bond acceptors (Lipinski definition) is 2. The number of carbonyl (C=O) groups excluding carboxylic acids is 1. The van der Waals surface area contributed by atoms with Crippen LogP contribution in [0.2, 0.25) is 0 Å². The van der Waals surface area contributed by atoms with Crippen LogP contribution in [0.4, 0.5) is 0 Å². The second-order valence-corrected chi connectivity index (χ2v) is 4.92. The Kier molecular flexibility index (Phi) is 3.82. The van der Waals surface area contributed by atoms with Crippen LogP contribution in [0, 0.1) is 13.8 Å². The Morgan fingerprint density at radius 3 is 2.83 bits per heavy atom. The number of aliphatic hydroxyl groups excluding tert-OH is 1. The largest absolute Gasteiger partial charge is 0.391 e. The van der Waals surface area contributed by atoms with Crippen LogP contribution in [-0.4, -0.2) is 35.1 Å². The van der Waals surface area contributed by atoms with Gasteiger partial charge in [-0.15, -0.1) is 0 Å². The molecule has 0 aromatic heterocycles. The molecule has 1 amide bonds. The molecule has 0 aliphatic carbocycles. The first-order chi connectivity index (χ1) is 8.56. The average Bonchev–Trinajstić information content (AvgIpc) is 2.74. The third kappa shape index (κ3) is 2.99. The van der Waals surface area contributed by atoms with Crippen molar-refractivity contribution in [3.05, 3.63) is 41.0 Å². The van der Waals surface area contributed by atoms with Crippen LogP contribution in [0.25, 0.3) is 6.08 Å². The van der Waals surface area contributed by atoms with Gasteiger partial charge in [0.05, 0.1) is 6.10 Å². The number of rotatable bonds is 2. The number of likely N-dealkylation sites (tertiary alicyclic amines) is 1. The summed E-state index contributed by atoms with van der Waals surface area (Å²) in [5, 5.41) is 9.39. The highest BCUT2D eigenvalue weighted by Gasteiger charge is 2.22. The number of β-amino-alcohol motifs (C(OH)–C–C–N with tert-alkyl or cyclic N) is 1. The summed E-state index contributed by atoms with van der Waals surface area (Å²) >= 11 is 0. The Morgan fingerprint density at radius 2 is 2.22 bits per heavy atom. The smallest absolute Gasteiger partial charge is 0.246 e. The molecule has 2 rings (SSSR count). The number of carbonyl (C=O) groups is 1. The van der Waals surface area contributed by atoms with Crippen LogP contribution in [0.1, 0.15) is 23.1 Å². The quantitative estimate of drug-likeness (QED) is 0.809. The molecule has 1 fully saturated rings. The number of amides is 1. The zero-order chi connectivity index (χ0) is 13.1. The number of aliphatic hydroxyl groups is 1. The van der Waals surface area contributed by atoms with E-state index in [0.717, 1.165) is 5.56 Å². The molecule has 3 nitrogen and oxygen atoms in total. The Bertz CT molecular complexity index is 479. The Labute approximate surface area is 108 Å². The van der Waals surface area contributed by atoms with Crippen molar-refractivity contribution >= 4 is 12.0 Å². The highest BCUT2D eigenvalue weighted by atomic mass is 16.3. The van der Waals surface area contributed by atoms with Gasteiger partial charge in [0.1, 0.15) is 0 Å². The molecule has 1 atom stereocenters. The van der Waals surface area contributed by atoms with E-state index in [2.05, 4.69) is 13.0 Å². The first kappa shape index (κ1) is 12.8. The van der Waals surface area contributed by atoms with E-state index in [4.69, 9.17) is 0 Å². The van der Waals surface area contributed by atoms with Crippen LogP contribution in [0.3, 0.4) is 0 Å². The van der Waals surface area contributed by atoms with Gasteiger partial charge < -0.3 is 10.0 Å². The topological polar surface area (TPSA) is 40.5 Å². The van der Waals surface area contributed by atoms with Crippen molar-refractivity contribution < 1.29 is 9.90 Å². The van der Waals surface area contributed by atoms with Gasteiger partial charge >= 0.3 is 0 Å². The minimum absolute atomic E-state index is 0.0217. The van der Waals surface area contributed by atoms with Crippen LogP contribution in [-0.2, 0) is 4.79 Å². The van der Waals surface area contributed by atoms with Gasteiger partial charge in [0, 0.05) is 19.2 Å². The number of benzene rings is 1. The molecule has 96 valence electrons. The number of nitrogens with zero attached hydrogens (tertiary/aromatic N) is 1. The molecule has 1 aromatic carbocycles. The van der Waals surface area contributed by atoms with E-state index in [-0.39, 0.29) is 12.0 Å². The molecule has 0 radical (unpaired) electrons. The molecule has 1 saturated heterocycles. The highest BCUT2D eigenvalue weighted by molar-refractivity contribution is 5.92. The standard InChI is InChI=1S/C15H19NO2/c1-11-3-4-13(12(2)9-11)5-6-15(18)16-8-7-14(17)10-16/h3-6,9,14,17H,7-8,10H2,1-2H3/t14-/m1/s1. The summed E-state index contributed by atoms with van der Waals surface area (Å²) in [7, 11) is 0. The van der Waals surface area contributed by atoms with Crippen molar-refractivity contribution in [2.45, 2.75) is 26.4 Å². The first-order valence-corrected chi connectivity index (χ1v) is 6.28. The summed E-state index contributed by atoms with van der Waals surface area (Å²) in [5.74, 6) is -0.0217. The Balaban J connectivity index is 2.04. The summed E-state index contributed by atoms with van der Waals surface area (Å²) in [6.07, 6.45) is 3.77. The summed E-state index contributed by atoms with van der Waals surface area (Å²) in [6, 6.07) is 6.16. The maximum Gasteiger partial charge on any atom is 0.246 e. The van der Waals surface area contributed by atoms with Crippen LogP contribution < -0.4 is 0 Å². The van der Waals surface area contributed by atoms with Crippen molar-refractivity contribution in [2.24, 2.45) is 0 Å². The molecule has 1 N–H and O–H groups in total. The van der Waals surface area contributed by atoms with Crippen LogP contribution in [0.15, 0.2) is 24.3 Å². The second kappa shape index (κ2) is 5.36. The van der Waals surface area contributed by atoms with E-state index >= 15 is 0 Å². The van der Waals surface area contributed by atoms with Gasteiger partial charge in [0.25, 0.3) is 0 Å². The van der Waals surface area contributed by atoms with Gasteiger partial charge in [0.15, 0.2) is 0 Å². The van der Waals surface area contributed by atoms with Crippen molar-refractivity contribution in [3.63, 3.8) is 0 Å². The van der Waals surface area contributed by atoms with Crippen molar-refractivity contribution in [2.75, 3.05) is 13.1 Å². The van der Waals surface area contributed by atoms with Gasteiger partial charge in [-0.1, -0.05) is 23.8 Å². The molecule has 18 heavy (non-hydrogen) atoms. The van der Waals surface area contributed by atoms with Crippen molar-refractivity contribution in [3.8, 4) is 0 Å². The van der Waals surface area contributed by atoms with Gasteiger partial charge in [-0.3, -0.25) is 4.79 Å². The van der Waals surface area contributed by atoms with E-state index in [1.54, 1.807) is 11.0 Å². The molecular formula is C15H19NO2. The van der Waals surface area contributed by atoms with Gasteiger partial charge in [0.2, 0.25) is 5.91 Å². The van der Waals surface area contributed by atoms with E-state index in [1.807, 2.05) is 25.1 Å². The summed E-state index contributed by atoms with van der Waals surface area (Å²) in [5.41, 5.74) is 3.45. The summed E-state index contributed by atoms with van der Waals surface area (Å²) in [6.45, 7) is 5.20. The lowest BCUT2D eigenvalue weighted by molar-refractivity contribution is -0.125. The minimum atomic E-state index is -0.358. The lowest BCUT2D eigenvalue weighted by Crippen LogP contribution is -2.27. The second-order valence-electron chi connectivity index (χ2n) is 4.92. The first-order valence-electron chi connectivity index (χ1n) is 6.28. The predicted octanol–water partition coefficient (Wildman–Crippen LogP) is 1.91. The van der Waals surface area contributed by atoms with Crippen LogP contribution in [0.5, 0.6) is 0 Å². The lowest BCUT2D eigenvalue weighted by Gasteiger charge is -2.12. The number of aryl methyl sites for hydroxylation is 2. The zero-order valence-corrected chi connectivity index (χ0v) is 10.9. The molecular weight excluding hydrogens is 226 g/mol. The Morgan fingerprint density at radius 1 is 1.44 bits per heavy atom. The number of hydrogen-bond donors (Lipinski definition) is 1. The summed E-state index contributed by atoms with van der Waals surface area (Å²) < 4.78 is 0. The van der Waals surface area contributed by atoms with Gasteiger partial charge in [-0.25, -0.2) is 0 Å². The lowest BCUT2D eigenvalue weighted by atomic mass is 10.1. The molecule has 0 saturated carbocycles. The molecule has 0 bridgehead atoms. The molecule has 3 heteroatoms. The third-order valence-electron chi connectivity index (χ3n) is 3.31. The fourth-order valence-corrected chi connectivity index (χ4v) is 2.22. The van der Waals surface area contributed by atoms with Gasteiger partial charge in [-0.05, 0) is 37.5 Å². The fraction of sp³-hybridized carbons (Fsp3) is 0.400. The minimum Gasteiger partial charge on any atom is -0.391 e. The molecule has 1 aliphatic heterocycles. The van der Waals surface area contributed by atoms with Crippen molar-refractivity contribution in [1.29, 1.82) is 0 Å². The van der Waals surface area contributed by atoms with Crippen molar-refractivity contribution in [1.82, 2.24) is 4.90 Å². The van der Waals surface area contributed by atoms with E-state index in [0.29, 0.717) is 19.5 Å². The third-order valence-corrected chi connectivity index (χ3v) is 3.31. The van der Waals surface area contributed by atoms with Crippen LogP contribution >= 0.6 is 0 Å². The maximum absolute atomic E-state index is 11.9. The molecule has 1 aromatic rings. The Hall–Kier alpha value is -1.61.